The van der Waals surface area contributed by atoms with Gasteiger partial charge in [0.05, 0.1) is 0 Å². The highest BCUT2D eigenvalue weighted by atomic mass is 16.4. The van der Waals surface area contributed by atoms with Crippen LogP contribution in [0.3, 0.4) is 0 Å². The molecule has 1 N–H and O–H groups in total. The summed E-state index contributed by atoms with van der Waals surface area (Å²) in [7, 11) is -0.528. The van der Waals surface area contributed by atoms with E-state index in [1.807, 2.05) is 0 Å². The van der Waals surface area contributed by atoms with Crippen molar-refractivity contribution in [3.63, 3.8) is 0 Å². The van der Waals surface area contributed by atoms with E-state index in [0.717, 1.165) is 0 Å². The maximum absolute atomic E-state index is 9.18. The van der Waals surface area contributed by atoms with Crippen LogP contribution in [0.15, 0.2) is 0 Å². The molecule has 4 heavy (non-hydrogen) atoms. The smallest absolute Gasteiger partial charge is 0.242 e. The van der Waals surface area contributed by atoms with E-state index in [4.69, 9.17) is 6.44 Å². The van der Waals surface area contributed by atoms with E-state index in [1.165, 1.54) is 0 Å². The van der Waals surface area contributed by atoms with Gasteiger partial charge in [0.2, 0.25) is 13.7 Å². The van der Waals surface area contributed by atoms with Gasteiger partial charge in [-0.25, -0.2) is 0 Å². The molecule has 0 unspecified atom stereocenters. The highest BCUT2D eigenvalue weighted by Gasteiger charge is 1.67. The Morgan fingerprint density at radius 1 is 2.50 bits per heavy atom. The SMILES string of the molecule is [2H]BC(=O)O. The van der Waals surface area contributed by atoms with E-state index in [9.17, 15) is 4.79 Å². The molecular weight excluding hydrogens is 54.8 g/mol. The molecule has 0 atom stereocenters. The highest BCUT2D eigenvalue weighted by molar-refractivity contribution is 6.54. The van der Waals surface area contributed by atoms with Crippen LogP contribution in [-0.2, 0) is 0 Å². The van der Waals surface area contributed by atoms with Gasteiger partial charge in [0, 0.05) is 0 Å². The molecule has 0 aromatic carbocycles. The Labute approximate surface area is 26.2 Å². The Morgan fingerprint density at radius 3 is 2.75 bits per heavy atom. The largest absolute Gasteiger partial charge is 0.490 e. The minimum Gasteiger partial charge on any atom is -0.490 e. The molecule has 0 aromatic heterocycles. The summed E-state index contributed by atoms with van der Waals surface area (Å²) < 4.78 is 6.06. The zero-order valence-corrected chi connectivity index (χ0v) is 2.06. The van der Waals surface area contributed by atoms with Gasteiger partial charge in [0.1, 0.15) is 0 Å². The van der Waals surface area contributed by atoms with Gasteiger partial charge in [0.25, 0.3) is 0 Å². The van der Waals surface area contributed by atoms with Crippen molar-refractivity contribution in [1.82, 2.24) is 0 Å². The van der Waals surface area contributed by atoms with Gasteiger partial charge >= 0.3 is 0 Å². The number of carbonyl (C=O) groups is 1. The predicted octanol–water partition coefficient (Wildman–Crippen LogP) is -0.703. The summed E-state index contributed by atoms with van der Waals surface area (Å²) in [5.41, 5.74) is 0. The van der Waals surface area contributed by atoms with Crippen LogP contribution in [0.25, 0.3) is 0 Å². The second-order valence-electron chi connectivity index (χ2n) is 0.394. The van der Waals surface area contributed by atoms with Crippen LogP contribution in [0.5, 0.6) is 0 Å². The maximum atomic E-state index is 9.18. The van der Waals surface area contributed by atoms with Crippen molar-refractivity contribution in [2.75, 3.05) is 0 Å². The number of carboxylic acid groups (broad SMARTS) is 1. The quantitative estimate of drug-likeness (QED) is 0.405. The van der Waals surface area contributed by atoms with Gasteiger partial charge in [0.15, 0.2) is 0 Å². The monoisotopic (exact) mass is 59.0 g/mol. The lowest BCUT2D eigenvalue weighted by Gasteiger charge is -1.59. The van der Waals surface area contributed by atoms with Crippen molar-refractivity contribution >= 4 is 13.7 Å². The van der Waals surface area contributed by atoms with E-state index in [2.05, 4.69) is 0 Å². The fourth-order valence-corrected chi connectivity index (χ4v) is 0. The van der Waals surface area contributed by atoms with Crippen LogP contribution in [0, 0.1) is 0 Å². The third kappa shape index (κ3) is 2.03. The molecule has 0 aliphatic rings. The average Bonchev–Trinajstić information content (AvgIpc) is 1.38. The summed E-state index contributed by atoms with van der Waals surface area (Å²) >= 11 is 0. The summed E-state index contributed by atoms with van der Waals surface area (Å²) in [6, 6.07) is 0. The van der Waals surface area contributed by atoms with Crippen LogP contribution in [0.4, 0.5) is 4.79 Å². The second-order valence-corrected chi connectivity index (χ2v) is 0.394. The third-order valence-electron chi connectivity index (χ3n) is 0. The zero-order valence-electron chi connectivity index (χ0n) is 3.06. The number of hydrogen-bond acceptors (Lipinski definition) is 1. The maximum Gasteiger partial charge on any atom is 0.242 e. The standard InChI is InChI=1S/CH3BO2/c2-1(3)4/h2H2,(H,3,4)/i2D. The van der Waals surface area contributed by atoms with Gasteiger partial charge in [-0.3, -0.25) is 4.79 Å². The normalized spacial score (nSPS) is 8.50. The minimum atomic E-state index is -1.08. The van der Waals surface area contributed by atoms with E-state index in [-0.39, 0.29) is 0 Å². The molecule has 0 saturated carbocycles. The highest BCUT2D eigenvalue weighted by Crippen LogP contribution is 1.41. The Morgan fingerprint density at radius 2 is 2.75 bits per heavy atom. The molecule has 0 amide bonds. The van der Waals surface area contributed by atoms with Crippen LogP contribution >= 0.6 is 0 Å². The Balaban J connectivity index is 2.85. The van der Waals surface area contributed by atoms with Crippen molar-refractivity contribution in [3.05, 3.63) is 0 Å². The Hall–Kier alpha value is -0.465. The zero-order chi connectivity index (χ0) is 4.28. The first kappa shape index (κ1) is 1.82. The predicted molar refractivity (Wildman–Crippen MR) is 16.6 cm³/mol. The molecule has 2 nitrogen and oxygen atoms in total. The average molecular weight is 58.9 g/mol. The summed E-state index contributed by atoms with van der Waals surface area (Å²) in [6.45, 7) is 0. The van der Waals surface area contributed by atoms with Crippen LogP contribution in [0.1, 0.15) is 0 Å². The van der Waals surface area contributed by atoms with E-state index >= 15 is 0 Å². The molecule has 0 bridgehead atoms. The lowest BCUT2D eigenvalue weighted by molar-refractivity contribution is 0.220. The van der Waals surface area contributed by atoms with Gasteiger partial charge in [-0.05, 0) is 1.34 Å². The van der Waals surface area contributed by atoms with Gasteiger partial charge in [-0.15, -0.1) is 0 Å². The van der Waals surface area contributed by atoms with Gasteiger partial charge in [-0.1, -0.05) is 0 Å². The molecule has 0 aromatic rings. The van der Waals surface area contributed by atoms with Crippen molar-refractivity contribution in [1.29, 1.82) is 1.34 Å². The second kappa shape index (κ2) is 0.929. The van der Waals surface area contributed by atoms with Gasteiger partial charge < -0.3 is 5.11 Å². The molecule has 0 radical (unpaired) electrons. The summed E-state index contributed by atoms with van der Waals surface area (Å²) in [5.74, 6) is -1.08. The van der Waals surface area contributed by atoms with E-state index < -0.39 is 13.7 Å². The minimum absolute atomic E-state index is 0.528. The molecule has 0 aliphatic carbocycles. The van der Waals surface area contributed by atoms with Crippen molar-refractivity contribution in [2.45, 2.75) is 0 Å². The lowest BCUT2D eigenvalue weighted by Crippen LogP contribution is -1.83. The third-order valence-corrected chi connectivity index (χ3v) is 0. The molecule has 0 rings (SSSR count). The fourth-order valence-electron chi connectivity index (χ4n) is 0. The molecule has 22 valence electrons. The Bertz CT molecular complexity index is 44.9. The van der Waals surface area contributed by atoms with Crippen LogP contribution in [0.2, 0.25) is 0 Å². The molecule has 0 aliphatic heterocycles. The first-order valence-corrected chi connectivity index (χ1v) is 0.781. The van der Waals surface area contributed by atoms with E-state index in [0.29, 0.717) is 0 Å². The van der Waals surface area contributed by atoms with Crippen molar-refractivity contribution in [2.24, 2.45) is 0 Å². The van der Waals surface area contributed by atoms with Crippen molar-refractivity contribution < 1.29 is 9.90 Å². The summed E-state index contributed by atoms with van der Waals surface area (Å²) in [5, 5.41) is 7.53. The molecule has 0 heterocycles. The molecule has 0 fully saturated rings. The number of hydrogen-bond donors (Lipinski definition) is 1. The van der Waals surface area contributed by atoms with E-state index in [1.54, 1.807) is 0 Å². The van der Waals surface area contributed by atoms with Crippen molar-refractivity contribution in [3.8, 4) is 0 Å². The molecular formula is CH3BO2. The first-order chi connectivity index (χ1) is 2.27. The first-order valence-electron chi connectivity index (χ1n) is 1.49. The number of rotatable bonds is 1. The Kier molecular flexibility index (Phi) is 0.422. The summed E-state index contributed by atoms with van der Waals surface area (Å²) in [4.78, 5) is 9.18. The fraction of sp³-hybridized carbons (Fsp3) is 0. The molecule has 3 heteroatoms. The molecule has 0 saturated heterocycles. The lowest BCUT2D eigenvalue weighted by atomic mass is 10.2. The van der Waals surface area contributed by atoms with Gasteiger partial charge in [-0.2, -0.15) is 0 Å². The topological polar surface area (TPSA) is 37.3 Å². The van der Waals surface area contributed by atoms with Crippen LogP contribution < -0.4 is 0 Å². The summed E-state index contributed by atoms with van der Waals surface area (Å²) in [6.07, 6.45) is 0. The molecule has 0 spiro atoms. The van der Waals surface area contributed by atoms with Crippen LogP contribution in [-0.4, -0.2) is 20.1 Å².